The van der Waals surface area contributed by atoms with Crippen LogP contribution in [0.1, 0.15) is 53.6 Å². The molecule has 1 saturated heterocycles. The zero-order valence-corrected chi connectivity index (χ0v) is 20.5. The largest absolute Gasteiger partial charge is 0.339 e. The summed E-state index contributed by atoms with van der Waals surface area (Å²) in [5, 5.41) is 2.85. The van der Waals surface area contributed by atoms with Crippen molar-refractivity contribution in [2.45, 2.75) is 46.0 Å². The van der Waals surface area contributed by atoms with Crippen LogP contribution in [0.2, 0.25) is 0 Å². The number of nitrogens with zero attached hydrogens (tertiary/aromatic N) is 2. The first-order valence-electron chi connectivity index (χ1n) is 11.4. The minimum atomic E-state index is -3.49. The Morgan fingerprint density at radius 2 is 1.73 bits per heavy atom. The summed E-state index contributed by atoms with van der Waals surface area (Å²) < 4.78 is 26.2. The molecule has 2 aromatic carbocycles. The molecule has 0 radical (unpaired) electrons. The third-order valence-electron chi connectivity index (χ3n) is 5.87. The van der Waals surface area contributed by atoms with Gasteiger partial charge in [-0.05, 0) is 68.9 Å². The van der Waals surface area contributed by atoms with Gasteiger partial charge in [0.15, 0.2) is 0 Å². The second-order valence-corrected chi connectivity index (χ2v) is 10.6. The molecule has 1 N–H and O–H groups in total. The number of rotatable bonds is 8. The maximum absolute atomic E-state index is 12.9. The maximum Gasteiger partial charge on any atom is 0.255 e. The highest BCUT2D eigenvalue weighted by Crippen LogP contribution is 2.25. The zero-order chi connectivity index (χ0) is 24.0. The van der Waals surface area contributed by atoms with Crippen LogP contribution in [0.15, 0.2) is 42.5 Å². The Morgan fingerprint density at radius 1 is 1.03 bits per heavy atom. The molecule has 0 aromatic heterocycles. The molecule has 3 rings (SSSR count). The minimum Gasteiger partial charge on any atom is -0.339 e. The molecule has 0 unspecified atom stereocenters. The van der Waals surface area contributed by atoms with Crippen molar-refractivity contribution in [1.82, 2.24) is 4.90 Å². The van der Waals surface area contributed by atoms with E-state index >= 15 is 0 Å². The van der Waals surface area contributed by atoms with E-state index in [-0.39, 0.29) is 24.8 Å². The molecule has 2 aromatic rings. The van der Waals surface area contributed by atoms with E-state index in [0.29, 0.717) is 23.4 Å². The van der Waals surface area contributed by atoms with Crippen molar-refractivity contribution in [2.75, 3.05) is 35.5 Å². The number of carbonyl (C=O) groups excluding carboxylic acids is 2. The molecule has 0 atom stereocenters. The normalized spacial score (nSPS) is 14.1. The number of carbonyl (C=O) groups is 2. The summed E-state index contributed by atoms with van der Waals surface area (Å²) in [7, 11) is -3.49. The number of benzene rings is 2. The van der Waals surface area contributed by atoms with Crippen molar-refractivity contribution in [3.8, 4) is 0 Å². The van der Waals surface area contributed by atoms with Crippen molar-refractivity contribution in [3.63, 3.8) is 0 Å². The first kappa shape index (κ1) is 24.8. The Labute approximate surface area is 196 Å². The molecule has 1 heterocycles. The van der Waals surface area contributed by atoms with Crippen LogP contribution in [-0.2, 0) is 14.8 Å². The van der Waals surface area contributed by atoms with Gasteiger partial charge in [-0.15, -0.1) is 0 Å². The van der Waals surface area contributed by atoms with E-state index in [4.69, 9.17) is 0 Å². The number of hydrogen-bond donors (Lipinski definition) is 1. The van der Waals surface area contributed by atoms with Crippen LogP contribution in [0.3, 0.4) is 0 Å². The van der Waals surface area contributed by atoms with Crippen molar-refractivity contribution in [1.29, 1.82) is 0 Å². The Morgan fingerprint density at radius 3 is 2.42 bits per heavy atom. The third kappa shape index (κ3) is 6.57. The summed E-state index contributed by atoms with van der Waals surface area (Å²) >= 11 is 0. The molecular formula is C25H33N3O4S. The molecule has 0 aliphatic carbocycles. The fourth-order valence-corrected chi connectivity index (χ4v) is 5.11. The average molecular weight is 472 g/mol. The predicted octanol–water partition coefficient (Wildman–Crippen LogP) is 4.11. The van der Waals surface area contributed by atoms with Crippen LogP contribution in [0.5, 0.6) is 0 Å². The van der Waals surface area contributed by atoms with Gasteiger partial charge in [0.25, 0.3) is 5.91 Å². The van der Waals surface area contributed by atoms with E-state index < -0.39 is 10.0 Å². The number of sulfonamides is 1. The lowest BCUT2D eigenvalue weighted by atomic mass is 10.1. The van der Waals surface area contributed by atoms with Gasteiger partial charge < -0.3 is 10.2 Å². The molecule has 0 spiro atoms. The van der Waals surface area contributed by atoms with E-state index in [0.717, 1.165) is 43.5 Å². The van der Waals surface area contributed by atoms with Crippen molar-refractivity contribution in [3.05, 3.63) is 59.2 Å². The predicted molar refractivity (Wildman–Crippen MR) is 132 cm³/mol. The Hall–Kier alpha value is -2.87. The smallest absolute Gasteiger partial charge is 0.255 e. The van der Waals surface area contributed by atoms with E-state index in [9.17, 15) is 18.0 Å². The SMILES string of the molecule is Cc1ccc(C)c(N(CCCC(=O)Nc2ccccc2C(=O)N2CCCCC2)S(C)(=O)=O)c1. The van der Waals surface area contributed by atoms with Crippen LogP contribution in [-0.4, -0.2) is 51.0 Å². The summed E-state index contributed by atoms with van der Waals surface area (Å²) in [4.78, 5) is 27.4. The number of hydrogen-bond acceptors (Lipinski definition) is 4. The number of nitrogens with one attached hydrogen (secondary N) is 1. The number of anilines is 2. The number of likely N-dealkylation sites (tertiary alicyclic amines) is 1. The second kappa shape index (κ2) is 10.8. The lowest BCUT2D eigenvalue weighted by Crippen LogP contribution is -2.36. The molecule has 0 saturated carbocycles. The highest BCUT2D eigenvalue weighted by atomic mass is 32.2. The first-order valence-corrected chi connectivity index (χ1v) is 13.2. The number of aryl methyl sites for hydroxylation is 2. The Bertz CT molecular complexity index is 1110. The van der Waals surface area contributed by atoms with Crippen molar-refractivity contribution < 1.29 is 18.0 Å². The minimum absolute atomic E-state index is 0.0659. The van der Waals surface area contributed by atoms with Gasteiger partial charge in [-0.1, -0.05) is 24.3 Å². The molecule has 2 amide bonds. The van der Waals surface area contributed by atoms with Crippen molar-refractivity contribution in [2.24, 2.45) is 0 Å². The van der Waals surface area contributed by atoms with Gasteiger partial charge in [0.2, 0.25) is 15.9 Å². The average Bonchev–Trinajstić information content (AvgIpc) is 2.78. The van der Waals surface area contributed by atoms with Crippen LogP contribution >= 0.6 is 0 Å². The monoisotopic (exact) mass is 471 g/mol. The molecule has 0 bridgehead atoms. The quantitative estimate of drug-likeness (QED) is 0.628. The summed E-state index contributed by atoms with van der Waals surface area (Å²) in [6, 6.07) is 12.7. The summed E-state index contributed by atoms with van der Waals surface area (Å²) in [6.07, 6.45) is 4.80. The molecule has 178 valence electrons. The van der Waals surface area contributed by atoms with E-state index in [1.807, 2.05) is 36.9 Å². The summed E-state index contributed by atoms with van der Waals surface area (Å²) in [6.45, 7) is 5.46. The topological polar surface area (TPSA) is 86.8 Å². The number of para-hydroxylation sites is 1. The fraction of sp³-hybridized carbons (Fsp3) is 0.440. The first-order chi connectivity index (χ1) is 15.7. The van der Waals surface area contributed by atoms with Crippen LogP contribution in [0.4, 0.5) is 11.4 Å². The van der Waals surface area contributed by atoms with Gasteiger partial charge in [-0.25, -0.2) is 8.42 Å². The fourth-order valence-electron chi connectivity index (χ4n) is 4.09. The number of amides is 2. The molecule has 1 aliphatic rings. The highest BCUT2D eigenvalue weighted by molar-refractivity contribution is 7.92. The lowest BCUT2D eigenvalue weighted by Gasteiger charge is -2.27. The lowest BCUT2D eigenvalue weighted by molar-refractivity contribution is -0.116. The summed E-state index contributed by atoms with van der Waals surface area (Å²) in [5.41, 5.74) is 3.45. The standard InChI is InChI=1S/C25H33N3O4S/c1-19-13-14-20(2)23(18-19)28(33(3,31)32)17-9-12-24(29)26-22-11-6-5-10-21(22)25(30)27-15-7-4-8-16-27/h5-6,10-11,13-14,18H,4,7-9,12,15-17H2,1-3H3,(H,26,29). The maximum atomic E-state index is 12.9. The van der Waals surface area contributed by atoms with Crippen LogP contribution < -0.4 is 9.62 Å². The molecule has 33 heavy (non-hydrogen) atoms. The van der Waals surface area contributed by atoms with Crippen molar-refractivity contribution >= 4 is 33.2 Å². The van der Waals surface area contributed by atoms with E-state index in [2.05, 4.69) is 5.32 Å². The van der Waals surface area contributed by atoms with Gasteiger partial charge >= 0.3 is 0 Å². The third-order valence-corrected chi connectivity index (χ3v) is 7.05. The summed E-state index contributed by atoms with van der Waals surface area (Å²) in [5.74, 6) is -0.313. The van der Waals surface area contributed by atoms with Crippen LogP contribution in [0, 0.1) is 13.8 Å². The molecular weight excluding hydrogens is 438 g/mol. The molecule has 1 fully saturated rings. The van der Waals surface area contributed by atoms with Gasteiger partial charge in [0.1, 0.15) is 0 Å². The molecule has 1 aliphatic heterocycles. The zero-order valence-electron chi connectivity index (χ0n) is 19.6. The van der Waals surface area contributed by atoms with E-state index in [1.165, 1.54) is 10.6 Å². The van der Waals surface area contributed by atoms with Gasteiger partial charge in [0.05, 0.1) is 23.2 Å². The van der Waals surface area contributed by atoms with Crippen LogP contribution in [0.25, 0.3) is 0 Å². The number of piperidine rings is 1. The van der Waals surface area contributed by atoms with Gasteiger partial charge in [0, 0.05) is 26.1 Å². The molecule has 8 heteroatoms. The van der Waals surface area contributed by atoms with Gasteiger partial charge in [-0.2, -0.15) is 0 Å². The Balaban J connectivity index is 1.64. The molecule has 7 nitrogen and oxygen atoms in total. The Kier molecular flexibility index (Phi) is 8.13. The second-order valence-electron chi connectivity index (χ2n) is 8.68. The highest BCUT2D eigenvalue weighted by Gasteiger charge is 2.22. The van der Waals surface area contributed by atoms with Gasteiger partial charge in [-0.3, -0.25) is 13.9 Å². The van der Waals surface area contributed by atoms with E-state index in [1.54, 1.807) is 24.3 Å².